The van der Waals surface area contributed by atoms with Crippen LogP contribution in [0.5, 0.6) is 0 Å². The van der Waals surface area contributed by atoms with Gasteiger partial charge in [0.05, 0.1) is 5.69 Å². The molecule has 0 bridgehead atoms. The molecule has 1 heterocycles. The Morgan fingerprint density at radius 1 is 1.42 bits per heavy atom. The predicted octanol–water partition coefficient (Wildman–Crippen LogP) is 3.82. The second-order valence-electron chi connectivity index (χ2n) is 3.76. The summed E-state index contributed by atoms with van der Waals surface area (Å²) in [5, 5.41) is 6.79. The number of nitrogens with one attached hydrogen (secondary N) is 1. The molecule has 0 unspecified atom stereocenters. The van der Waals surface area contributed by atoms with Crippen LogP contribution < -0.4 is 5.32 Å². The van der Waals surface area contributed by atoms with Crippen LogP contribution in [0.4, 0.5) is 10.1 Å². The van der Waals surface area contributed by atoms with Gasteiger partial charge in [-0.15, -0.1) is 0 Å². The second kappa shape index (κ2) is 5.83. The molecule has 0 aliphatic carbocycles. The quantitative estimate of drug-likeness (QED) is 0.865. The molecule has 0 atom stereocenters. The van der Waals surface area contributed by atoms with Crippen LogP contribution in [-0.4, -0.2) is 15.7 Å². The molecule has 4 nitrogen and oxygen atoms in total. The molecule has 7 heteroatoms. The summed E-state index contributed by atoms with van der Waals surface area (Å²) in [5.74, 6) is -0.743. The maximum atomic E-state index is 13.1. The normalized spacial score (nSPS) is 10.5. The van der Waals surface area contributed by atoms with Crippen molar-refractivity contribution in [2.75, 3.05) is 5.32 Å². The topological polar surface area (TPSA) is 46.9 Å². The fourth-order valence-corrected chi connectivity index (χ4v) is 2.83. The van der Waals surface area contributed by atoms with Crippen molar-refractivity contribution in [3.63, 3.8) is 0 Å². The van der Waals surface area contributed by atoms with Gasteiger partial charge in [0, 0.05) is 21.7 Å². The Morgan fingerprint density at radius 2 is 2.05 bits per heavy atom. The van der Waals surface area contributed by atoms with Gasteiger partial charge < -0.3 is 5.32 Å². The highest BCUT2D eigenvalue weighted by atomic mass is 79.9. The Morgan fingerprint density at radius 3 is 2.58 bits per heavy atom. The number of carbonyl (C=O) groups is 1. The Hall–Kier alpha value is -1.21. The van der Waals surface area contributed by atoms with Crippen LogP contribution in [0.1, 0.15) is 17.4 Å². The van der Waals surface area contributed by atoms with Crippen molar-refractivity contribution in [2.45, 2.75) is 13.5 Å². The van der Waals surface area contributed by atoms with Gasteiger partial charge in [0.25, 0.3) is 5.91 Å². The molecular weight excluding hydrogens is 381 g/mol. The van der Waals surface area contributed by atoms with Crippen LogP contribution in [-0.2, 0) is 6.54 Å². The Balaban J connectivity index is 2.24. The lowest BCUT2D eigenvalue weighted by Crippen LogP contribution is -2.14. The van der Waals surface area contributed by atoms with Crippen molar-refractivity contribution in [3.05, 3.63) is 44.9 Å². The molecule has 0 aliphatic rings. The largest absolute Gasteiger partial charge is 0.319 e. The van der Waals surface area contributed by atoms with Crippen molar-refractivity contribution >= 4 is 43.5 Å². The molecule has 2 aromatic rings. The van der Waals surface area contributed by atoms with Crippen molar-refractivity contribution in [3.8, 4) is 0 Å². The van der Waals surface area contributed by atoms with Gasteiger partial charge in [-0.1, -0.05) is 0 Å². The molecule has 0 radical (unpaired) electrons. The summed E-state index contributed by atoms with van der Waals surface area (Å²) in [6.07, 6.45) is 1.73. The van der Waals surface area contributed by atoms with Crippen molar-refractivity contribution in [2.24, 2.45) is 0 Å². The van der Waals surface area contributed by atoms with Crippen LogP contribution in [0, 0.1) is 5.82 Å². The van der Waals surface area contributed by atoms with Gasteiger partial charge in [0.1, 0.15) is 5.82 Å². The van der Waals surface area contributed by atoms with Gasteiger partial charge >= 0.3 is 0 Å². The van der Waals surface area contributed by atoms with Crippen molar-refractivity contribution in [1.29, 1.82) is 0 Å². The first kappa shape index (κ1) is 14.2. The summed E-state index contributed by atoms with van der Waals surface area (Å²) in [5.41, 5.74) is 0.780. The van der Waals surface area contributed by atoms with Crippen LogP contribution >= 0.6 is 31.9 Å². The van der Waals surface area contributed by atoms with Gasteiger partial charge in [-0.3, -0.25) is 9.48 Å². The molecular formula is C12H10Br2FN3O. The van der Waals surface area contributed by atoms with E-state index >= 15 is 0 Å². The third kappa shape index (κ3) is 3.22. The Kier molecular flexibility index (Phi) is 4.36. The molecule has 19 heavy (non-hydrogen) atoms. The highest BCUT2D eigenvalue weighted by Crippen LogP contribution is 2.32. The fourth-order valence-electron chi connectivity index (χ4n) is 1.50. The zero-order chi connectivity index (χ0) is 14.0. The smallest absolute Gasteiger partial charge is 0.276 e. The van der Waals surface area contributed by atoms with E-state index in [2.05, 4.69) is 42.3 Å². The standard InChI is InChI=1S/C12H10Br2FN3O/c1-2-18-4-3-10(17-18)12(19)16-11-8(13)5-7(15)6-9(11)14/h3-6H,2H2,1H3,(H,16,19). The van der Waals surface area contributed by atoms with E-state index in [-0.39, 0.29) is 5.91 Å². The minimum atomic E-state index is -0.396. The molecule has 1 amide bonds. The minimum absolute atomic E-state index is 0.310. The Bertz CT molecular complexity index is 604. The van der Waals surface area contributed by atoms with Crippen molar-refractivity contribution in [1.82, 2.24) is 9.78 Å². The number of halogens is 3. The summed E-state index contributed by atoms with van der Waals surface area (Å²) < 4.78 is 15.7. The van der Waals surface area contributed by atoms with E-state index in [1.807, 2.05) is 6.92 Å². The first-order chi connectivity index (χ1) is 9.01. The lowest BCUT2D eigenvalue weighted by Gasteiger charge is -2.08. The summed E-state index contributed by atoms with van der Waals surface area (Å²) >= 11 is 6.42. The van der Waals surface area contributed by atoms with E-state index in [0.29, 0.717) is 26.9 Å². The van der Waals surface area contributed by atoms with Gasteiger partial charge in [0.15, 0.2) is 5.69 Å². The summed E-state index contributed by atoms with van der Waals surface area (Å²) in [7, 11) is 0. The SMILES string of the molecule is CCn1ccc(C(=O)Nc2c(Br)cc(F)cc2Br)n1. The zero-order valence-corrected chi connectivity index (χ0v) is 13.1. The van der Waals surface area contributed by atoms with Gasteiger partial charge in [-0.25, -0.2) is 4.39 Å². The molecule has 2 rings (SSSR count). The second-order valence-corrected chi connectivity index (χ2v) is 5.46. The number of hydrogen-bond donors (Lipinski definition) is 1. The summed E-state index contributed by atoms with van der Waals surface area (Å²) in [6, 6.07) is 4.19. The fraction of sp³-hybridized carbons (Fsp3) is 0.167. The molecule has 0 saturated heterocycles. The summed E-state index contributed by atoms with van der Waals surface area (Å²) in [6.45, 7) is 2.62. The molecule has 1 aromatic carbocycles. The van der Waals surface area contributed by atoms with Gasteiger partial charge in [0.2, 0.25) is 0 Å². The van der Waals surface area contributed by atoms with Crippen LogP contribution in [0.15, 0.2) is 33.3 Å². The molecule has 0 fully saturated rings. The van der Waals surface area contributed by atoms with Crippen LogP contribution in [0.25, 0.3) is 0 Å². The molecule has 1 N–H and O–H groups in total. The predicted molar refractivity (Wildman–Crippen MR) is 77.7 cm³/mol. The number of hydrogen-bond acceptors (Lipinski definition) is 2. The van der Waals surface area contributed by atoms with Gasteiger partial charge in [-0.2, -0.15) is 5.10 Å². The highest BCUT2D eigenvalue weighted by molar-refractivity contribution is 9.11. The van der Waals surface area contributed by atoms with E-state index in [9.17, 15) is 9.18 Å². The van der Waals surface area contributed by atoms with E-state index < -0.39 is 5.82 Å². The van der Waals surface area contributed by atoms with E-state index in [1.54, 1.807) is 16.9 Å². The lowest BCUT2D eigenvalue weighted by atomic mass is 10.3. The number of aromatic nitrogens is 2. The minimum Gasteiger partial charge on any atom is -0.319 e. The third-order valence-corrected chi connectivity index (χ3v) is 3.69. The zero-order valence-electron chi connectivity index (χ0n) is 9.95. The first-order valence-corrected chi connectivity index (χ1v) is 7.09. The maximum absolute atomic E-state index is 13.1. The molecule has 1 aromatic heterocycles. The first-order valence-electron chi connectivity index (χ1n) is 5.50. The molecule has 0 spiro atoms. The number of carbonyl (C=O) groups excluding carboxylic acids is 1. The van der Waals surface area contributed by atoms with Crippen molar-refractivity contribution < 1.29 is 9.18 Å². The third-order valence-electron chi connectivity index (χ3n) is 2.44. The monoisotopic (exact) mass is 389 g/mol. The number of aryl methyl sites for hydroxylation is 1. The van der Waals surface area contributed by atoms with Crippen LogP contribution in [0.3, 0.4) is 0 Å². The van der Waals surface area contributed by atoms with E-state index in [1.165, 1.54) is 12.1 Å². The Labute approximate surface area is 126 Å². The number of nitrogens with zero attached hydrogens (tertiary/aromatic N) is 2. The van der Waals surface area contributed by atoms with E-state index in [0.717, 1.165) is 0 Å². The number of rotatable bonds is 3. The van der Waals surface area contributed by atoms with E-state index in [4.69, 9.17) is 0 Å². The summed E-state index contributed by atoms with van der Waals surface area (Å²) in [4.78, 5) is 12.0. The van der Waals surface area contributed by atoms with Gasteiger partial charge in [-0.05, 0) is 57.0 Å². The number of benzene rings is 1. The maximum Gasteiger partial charge on any atom is 0.276 e. The number of amides is 1. The molecule has 100 valence electrons. The molecule has 0 saturated carbocycles. The molecule has 0 aliphatic heterocycles. The average molecular weight is 391 g/mol. The number of anilines is 1. The van der Waals surface area contributed by atoms with Crippen LogP contribution in [0.2, 0.25) is 0 Å². The average Bonchev–Trinajstić information content (AvgIpc) is 2.82. The highest BCUT2D eigenvalue weighted by Gasteiger charge is 2.14. The lowest BCUT2D eigenvalue weighted by molar-refractivity contribution is 0.102.